The largest absolute Gasteiger partial charge is 0.534 e. The molecule has 0 saturated heterocycles. The third-order valence-corrected chi connectivity index (χ3v) is 2.80. The van der Waals surface area contributed by atoms with Crippen LogP contribution < -0.4 is 0 Å². The number of cyclic esters (lactones) is 1. The van der Waals surface area contributed by atoms with Crippen LogP contribution in [0.3, 0.4) is 0 Å². The Morgan fingerprint density at radius 1 is 1.43 bits per heavy atom. The van der Waals surface area contributed by atoms with Crippen molar-refractivity contribution < 1.29 is 49.9 Å². The number of carbonyl (C=O) groups excluding carboxylic acids is 2. The van der Waals surface area contributed by atoms with Gasteiger partial charge in [-0.15, -0.1) is 0 Å². The number of alkyl halides is 3. The average molecular weight is 332 g/mol. The molecule has 0 aromatic carbocycles. The lowest BCUT2D eigenvalue weighted by molar-refractivity contribution is -0.137. The van der Waals surface area contributed by atoms with Crippen molar-refractivity contribution in [2.75, 3.05) is 6.61 Å². The Labute approximate surface area is 115 Å². The van der Waals surface area contributed by atoms with Gasteiger partial charge in [0, 0.05) is 0 Å². The van der Waals surface area contributed by atoms with Crippen molar-refractivity contribution in [2.24, 2.45) is 0 Å². The van der Waals surface area contributed by atoms with Crippen LogP contribution in [-0.2, 0) is 33.4 Å². The highest BCUT2D eigenvalue weighted by atomic mass is 32.2. The van der Waals surface area contributed by atoms with E-state index in [-0.39, 0.29) is 6.61 Å². The van der Waals surface area contributed by atoms with E-state index < -0.39 is 44.8 Å². The first-order chi connectivity index (χ1) is 9.49. The Kier molecular flexibility index (Phi) is 4.51. The average Bonchev–Trinajstić information content (AvgIpc) is 2.55. The first-order valence-corrected chi connectivity index (χ1v) is 6.45. The fraction of sp³-hybridized carbons (Fsp3) is 0.333. The molecule has 1 aliphatic heterocycles. The molecule has 0 radical (unpaired) electrons. The molecule has 1 aliphatic rings. The van der Waals surface area contributed by atoms with E-state index in [1.807, 2.05) is 0 Å². The van der Waals surface area contributed by atoms with Gasteiger partial charge in [0.05, 0.1) is 12.7 Å². The summed E-state index contributed by atoms with van der Waals surface area (Å²) >= 11 is 0. The fourth-order valence-corrected chi connectivity index (χ4v) is 1.48. The maximum atomic E-state index is 12.1. The Bertz CT molecular complexity index is 628. The quantitative estimate of drug-likeness (QED) is 0.345. The molecule has 0 bridgehead atoms. The lowest BCUT2D eigenvalue weighted by atomic mass is 10.3. The van der Waals surface area contributed by atoms with Crippen LogP contribution in [0, 0.1) is 0 Å². The molecule has 1 heterocycles. The molecule has 0 aromatic rings. The summed E-state index contributed by atoms with van der Waals surface area (Å²) < 4.78 is 69.8. The lowest BCUT2D eigenvalue weighted by Gasteiger charge is -2.07. The van der Waals surface area contributed by atoms with Crippen LogP contribution in [0.15, 0.2) is 23.4 Å². The zero-order valence-electron chi connectivity index (χ0n) is 10.1. The van der Waals surface area contributed by atoms with E-state index >= 15 is 0 Å². The van der Waals surface area contributed by atoms with Crippen molar-refractivity contribution >= 4 is 22.1 Å². The second kappa shape index (κ2) is 5.63. The number of rotatable bonds is 4. The van der Waals surface area contributed by atoms with Crippen LogP contribution in [-0.4, -0.2) is 37.6 Å². The van der Waals surface area contributed by atoms with Crippen LogP contribution in [0.25, 0.3) is 0 Å². The molecule has 21 heavy (non-hydrogen) atoms. The highest BCUT2D eigenvalue weighted by Gasteiger charge is 2.51. The zero-order chi connectivity index (χ0) is 16.4. The van der Waals surface area contributed by atoms with Crippen molar-refractivity contribution in [3.05, 3.63) is 23.4 Å². The number of hydrogen-bond acceptors (Lipinski definition) is 8. The van der Waals surface area contributed by atoms with E-state index in [1.54, 1.807) is 0 Å². The van der Waals surface area contributed by atoms with Gasteiger partial charge in [0.25, 0.3) is 5.76 Å². The standard InChI is InChI=1S/C9H7F3O8S/c1-2-18-5(13)3-4-6(14)7(8(15)19-4)20-21(16,17)9(10,11)12/h3,14H,2H2,1H3/b4-3-. The van der Waals surface area contributed by atoms with Crippen molar-refractivity contribution in [1.29, 1.82) is 0 Å². The Morgan fingerprint density at radius 3 is 2.48 bits per heavy atom. The molecule has 1 rings (SSSR count). The minimum Gasteiger partial charge on any atom is -0.501 e. The van der Waals surface area contributed by atoms with Crippen LogP contribution in [0.1, 0.15) is 6.92 Å². The van der Waals surface area contributed by atoms with E-state index in [0.717, 1.165) is 0 Å². The Morgan fingerprint density at radius 2 is 2.00 bits per heavy atom. The number of hydrogen-bond donors (Lipinski definition) is 1. The normalized spacial score (nSPS) is 17.9. The Hall–Kier alpha value is -2.24. The van der Waals surface area contributed by atoms with Gasteiger partial charge in [0.15, 0.2) is 5.76 Å². The van der Waals surface area contributed by atoms with Gasteiger partial charge in [0.2, 0.25) is 5.76 Å². The SMILES string of the molecule is CCOC(=O)/C=C1\OC(=O)C(OS(=O)(=O)C(F)(F)F)=C1O. The topological polar surface area (TPSA) is 116 Å². The summed E-state index contributed by atoms with van der Waals surface area (Å²) in [6.07, 6.45) is 0.438. The molecular formula is C9H7F3O8S. The summed E-state index contributed by atoms with van der Waals surface area (Å²) in [6.45, 7) is 1.38. The van der Waals surface area contributed by atoms with Crippen LogP contribution in [0.2, 0.25) is 0 Å². The molecule has 0 atom stereocenters. The summed E-state index contributed by atoms with van der Waals surface area (Å²) in [7, 11) is -6.17. The van der Waals surface area contributed by atoms with Crippen LogP contribution in [0.5, 0.6) is 0 Å². The van der Waals surface area contributed by atoms with Crippen molar-refractivity contribution in [2.45, 2.75) is 12.4 Å². The number of aliphatic hydroxyl groups is 1. The van der Waals surface area contributed by atoms with E-state index in [1.165, 1.54) is 6.92 Å². The predicted molar refractivity (Wildman–Crippen MR) is 56.5 cm³/mol. The molecule has 0 spiro atoms. The molecule has 0 aliphatic carbocycles. The third-order valence-electron chi connectivity index (χ3n) is 1.85. The molecule has 1 N–H and O–H groups in total. The van der Waals surface area contributed by atoms with Gasteiger partial charge < -0.3 is 18.8 Å². The van der Waals surface area contributed by atoms with Crippen LogP contribution >= 0.6 is 0 Å². The molecule has 0 saturated carbocycles. The highest BCUT2D eigenvalue weighted by Crippen LogP contribution is 2.31. The number of aliphatic hydroxyl groups excluding tert-OH is 1. The molecule has 0 fully saturated rings. The van der Waals surface area contributed by atoms with Gasteiger partial charge in [-0.2, -0.15) is 21.6 Å². The van der Waals surface area contributed by atoms with Gasteiger partial charge in [0.1, 0.15) is 0 Å². The number of halogens is 3. The van der Waals surface area contributed by atoms with Crippen molar-refractivity contribution in [1.82, 2.24) is 0 Å². The summed E-state index contributed by atoms with van der Waals surface area (Å²) in [6, 6.07) is 0. The lowest BCUT2D eigenvalue weighted by Crippen LogP contribution is -2.26. The molecular weight excluding hydrogens is 325 g/mol. The second-order valence-electron chi connectivity index (χ2n) is 3.31. The maximum absolute atomic E-state index is 12.1. The van der Waals surface area contributed by atoms with Gasteiger partial charge >= 0.3 is 27.6 Å². The van der Waals surface area contributed by atoms with E-state index in [9.17, 15) is 36.3 Å². The van der Waals surface area contributed by atoms with Gasteiger partial charge in [-0.05, 0) is 6.92 Å². The zero-order valence-corrected chi connectivity index (χ0v) is 10.9. The molecule has 8 nitrogen and oxygen atoms in total. The summed E-state index contributed by atoms with van der Waals surface area (Å²) in [5.41, 5.74) is -5.81. The minimum atomic E-state index is -6.17. The van der Waals surface area contributed by atoms with Gasteiger partial charge in [-0.1, -0.05) is 0 Å². The first kappa shape index (κ1) is 16.8. The molecule has 0 unspecified atom stereocenters. The fourth-order valence-electron chi connectivity index (χ4n) is 1.02. The second-order valence-corrected chi connectivity index (χ2v) is 4.85. The van der Waals surface area contributed by atoms with Crippen LogP contribution in [0.4, 0.5) is 13.2 Å². The molecule has 12 heteroatoms. The monoisotopic (exact) mass is 332 g/mol. The molecule has 0 amide bonds. The van der Waals surface area contributed by atoms with Gasteiger partial charge in [-0.25, -0.2) is 9.59 Å². The summed E-state index contributed by atoms with van der Waals surface area (Å²) in [5.74, 6) is -6.67. The smallest absolute Gasteiger partial charge is 0.501 e. The van der Waals surface area contributed by atoms with Gasteiger partial charge in [-0.3, -0.25) is 0 Å². The summed E-state index contributed by atoms with van der Waals surface area (Å²) in [5, 5.41) is 9.37. The maximum Gasteiger partial charge on any atom is 0.534 e. The number of esters is 2. The van der Waals surface area contributed by atoms with E-state index in [2.05, 4.69) is 13.7 Å². The minimum absolute atomic E-state index is 0.0627. The van der Waals surface area contributed by atoms with Crippen molar-refractivity contribution in [3.8, 4) is 0 Å². The Balaban J connectivity index is 3.10. The predicted octanol–water partition coefficient (Wildman–Crippen LogP) is 0.626. The number of ether oxygens (including phenoxy) is 2. The molecule has 0 aromatic heterocycles. The van der Waals surface area contributed by atoms with Crippen molar-refractivity contribution in [3.63, 3.8) is 0 Å². The third kappa shape index (κ3) is 3.65. The first-order valence-electron chi connectivity index (χ1n) is 5.04. The number of carbonyl (C=O) groups is 2. The van der Waals surface area contributed by atoms with E-state index in [0.29, 0.717) is 6.08 Å². The van der Waals surface area contributed by atoms with E-state index in [4.69, 9.17) is 0 Å². The molecule has 118 valence electrons. The highest BCUT2D eigenvalue weighted by molar-refractivity contribution is 7.87. The summed E-state index contributed by atoms with van der Waals surface area (Å²) in [4.78, 5) is 22.2.